The summed E-state index contributed by atoms with van der Waals surface area (Å²) in [4.78, 5) is 36.7. The monoisotopic (exact) mass is 505 g/mol. The zero-order valence-corrected chi connectivity index (χ0v) is 20.7. The first-order valence-corrected chi connectivity index (χ1v) is 12.6. The van der Waals surface area contributed by atoms with Crippen LogP contribution < -0.4 is 15.5 Å². The van der Waals surface area contributed by atoms with Crippen molar-refractivity contribution in [2.45, 2.75) is 31.6 Å². The van der Waals surface area contributed by atoms with Crippen LogP contribution in [0.4, 0.5) is 27.3 Å². The van der Waals surface area contributed by atoms with Gasteiger partial charge < -0.3 is 15.5 Å². The molecule has 2 aromatic carbocycles. The number of aromatic nitrogens is 2. The lowest BCUT2D eigenvalue weighted by molar-refractivity contribution is -0.120. The van der Waals surface area contributed by atoms with Crippen molar-refractivity contribution in [3.05, 3.63) is 106 Å². The molecule has 0 bridgehead atoms. The van der Waals surface area contributed by atoms with Gasteiger partial charge in [0.05, 0.1) is 5.41 Å². The zero-order chi connectivity index (χ0) is 26.0. The van der Waals surface area contributed by atoms with Crippen LogP contribution in [0.25, 0.3) is 0 Å². The van der Waals surface area contributed by atoms with Crippen molar-refractivity contribution in [2.75, 3.05) is 22.1 Å². The van der Waals surface area contributed by atoms with E-state index in [1.54, 1.807) is 36.4 Å². The highest BCUT2D eigenvalue weighted by atomic mass is 19.1. The van der Waals surface area contributed by atoms with Gasteiger partial charge in [-0.2, -0.15) is 0 Å². The maximum atomic E-state index is 14.0. The number of hydrogen-bond acceptors (Lipinski definition) is 5. The summed E-state index contributed by atoms with van der Waals surface area (Å²) in [6, 6.07) is 16.6. The first-order valence-electron chi connectivity index (χ1n) is 12.6. The Kier molecular flexibility index (Phi) is 4.88. The molecule has 7 nitrogen and oxygen atoms in total. The molecule has 2 aromatic heterocycles. The summed E-state index contributed by atoms with van der Waals surface area (Å²) in [5.74, 6) is 0.181. The van der Waals surface area contributed by atoms with Crippen LogP contribution in [-0.2, 0) is 29.5 Å². The quantitative estimate of drug-likeness (QED) is 0.415. The van der Waals surface area contributed by atoms with Gasteiger partial charge >= 0.3 is 0 Å². The second-order valence-electron chi connectivity index (χ2n) is 10.2. The molecule has 1 unspecified atom stereocenters. The van der Waals surface area contributed by atoms with E-state index in [-0.39, 0.29) is 17.6 Å². The number of fused-ring (bicyclic) bond motifs is 4. The maximum absolute atomic E-state index is 14.0. The molecule has 4 aromatic rings. The number of carbonyl (C=O) groups is 2. The van der Waals surface area contributed by atoms with E-state index in [1.165, 1.54) is 6.07 Å². The first kappa shape index (κ1) is 22.6. The number of carbonyl (C=O) groups excluding carboxylic acids is 2. The third kappa shape index (κ3) is 3.33. The number of nitrogens with one attached hydrogen (secondary N) is 2. The SMILES string of the molecule is Cc1c(F)ccc2c1CCN2C(=O)c1cc(Nc2ccc3c(c2)CC2(C3)C(=O)Nc3ncccc32)ccn1. The van der Waals surface area contributed by atoms with E-state index in [4.69, 9.17) is 0 Å². The van der Waals surface area contributed by atoms with Gasteiger partial charge in [-0.25, -0.2) is 9.37 Å². The fourth-order valence-corrected chi connectivity index (χ4v) is 6.11. The van der Waals surface area contributed by atoms with Crippen LogP contribution in [0.2, 0.25) is 0 Å². The summed E-state index contributed by atoms with van der Waals surface area (Å²) in [5.41, 5.74) is 6.73. The van der Waals surface area contributed by atoms with Crippen LogP contribution in [0.3, 0.4) is 0 Å². The van der Waals surface area contributed by atoms with Gasteiger partial charge in [-0.05, 0) is 90.9 Å². The highest BCUT2D eigenvalue weighted by molar-refractivity contribution is 6.07. The Bertz CT molecular complexity index is 1670. The minimum Gasteiger partial charge on any atom is -0.355 e. The second-order valence-corrected chi connectivity index (χ2v) is 10.2. The Balaban J connectivity index is 1.13. The second kappa shape index (κ2) is 8.21. The molecule has 7 rings (SSSR count). The maximum Gasteiger partial charge on any atom is 0.276 e. The highest BCUT2D eigenvalue weighted by Gasteiger charge is 2.51. The van der Waals surface area contributed by atoms with E-state index >= 15 is 0 Å². The topological polar surface area (TPSA) is 87.2 Å². The Morgan fingerprint density at radius 1 is 1.03 bits per heavy atom. The summed E-state index contributed by atoms with van der Waals surface area (Å²) in [5, 5.41) is 6.34. The molecule has 0 fully saturated rings. The largest absolute Gasteiger partial charge is 0.355 e. The molecule has 0 saturated carbocycles. The molecule has 0 saturated heterocycles. The lowest BCUT2D eigenvalue weighted by Gasteiger charge is -2.20. The lowest BCUT2D eigenvalue weighted by atomic mass is 9.79. The molecule has 0 radical (unpaired) electrons. The molecule has 2 amide bonds. The molecule has 38 heavy (non-hydrogen) atoms. The van der Waals surface area contributed by atoms with Crippen LogP contribution in [0.15, 0.2) is 67.0 Å². The molecular weight excluding hydrogens is 481 g/mol. The summed E-state index contributed by atoms with van der Waals surface area (Å²) in [7, 11) is 0. The molecule has 2 N–H and O–H groups in total. The number of hydrogen-bond donors (Lipinski definition) is 2. The Morgan fingerprint density at radius 2 is 1.87 bits per heavy atom. The third-order valence-corrected chi connectivity index (χ3v) is 8.08. The summed E-state index contributed by atoms with van der Waals surface area (Å²) in [6.07, 6.45) is 5.17. The number of halogens is 1. The fraction of sp³-hybridized carbons (Fsp3) is 0.200. The molecular formula is C30H24FN5O2. The Labute approximate surface area is 218 Å². The molecule has 188 valence electrons. The van der Waals surface area contributed by atoms with Gasteiger partial charge in [0.2, 0.25) is 5.91 Å². The molecule has 8 heteroatoms. The predicted octanol–water partition coefficient (Wildman–Crippen LogP) is 4.86. The molecule has 3 aliphatic rings. The van der Waals surface area contributed by atoms with Crippen LogP contribution in [-0.4, -0.2) is 28.3 Å². The smallest absolute Gasteiger partial charge is 0.276 e. The van der Waals surface area contributed by atoms with Gasteiger partial charge in [-0.3, -0.25) is 14.6 Å². The molecule has 1 aliphatic carbocycles. The van der Waals surface area contributed by atoms with Crippen LogP contribution in [0.5, 0.6) is 0 Å². The van der Waals surface area contributed by atoms with Crippen molar-refractivity contribution < 1.29 is 14.0 Å². The van der Waals surface area contributed by atoms with Gasteiger partial charge in [0.1, 0.15) is 17.3 Å². The van der Waals surface area contributed by atoms with Crippen molar-refractivity contribution in [3.63, 3.8) is 0 Å². The average Bonchev–Trinajstić information content (AvgIpc) is 3.60. The van der Waals surface area contributed by atoms with E-state index in [0.29, 0.717) is 42.9 Å². The fourth-order valence-electron chi connectivity index (χ4n) is 6.11. The van der Waals surface area contributed by atoms with Crippen LogP contribution >= 0.6 is 0 Å². The summed E-state index contributed by atoms with van der Waals surface area (Å²) < 4.78 is 14.0. The van der Waals surface area contributed by atoms with Crippen molar-refractivity contribution in [3.8, 4) is 0 Å². The first-order chi connectivity index (χ1) is 18.4. The minimum atomic E-state index is -0.617. The van der Waals surface area contributed by atoms with Crippen LogP contribution in [0, 0.1) is 12.7 Å². The van der Waals surface area contributed by atoms with E-state index in [1.807, 2.05) is 24.3 Å². The number of amides is 2. The molecule has 1 spiro atoms. The standard InChI is InChI=1S/C30H24FN5O2/c1-17-22-9-12-36(26(22)7-6-24(17)31)28(37)25-14-21(8-11-32-25)34-20-5-4-18-15-30(16-19(18)13-20)23-3-2-10-33-27(23)35-29(30)38/h2-8,10-11,13-14H,9,12,15-16H2,1H3,(H,32,34)(H,33,35,38). The zero-order valence-electron chi connectivity index (χ0n) is 20.7. The van der Waals surface area contributed by atoms with E-state index in [2.05, 4.69) is 32.7 Å². The normalized spacial score (nSPS) is 18.8. The van der Waals surface area contributed by atoms with E-state index < -0.39 is 5.41 Å². The summed E-state index contributed by atoms with van der Waals surface area (Å²) >= 11 is 0. The number of rotatable bonds is 3. The molecule has 2 aliphatic heterocycles. The highest BCUT2D eigenvalue weighted by Crippen LogP contribution is 2.47. The van der Waals surface area contributed by atoms with Crippen LogP contribution in [0.1, 0.15) is 38.3 Å². The lowest BCUT2D eigenvalue weighted by Crippen LogP contribution is -2.35. The van der Waals surface area contributed by atoms with Crippen molar-refractivity contribution in [1.29, 1.82) is 0 Å². The Morgan fingerprint density at radius 3 is 2.76 bits per heavy atom. The number of benzene rings is 2. The minimum absolute atomic E-state index is 0.00406. The van der Waals surface area contributed by atoms with Crippen molar-refractivity contribution in [1.82, 2.24) is 9.97 Å². The molecule has 1 atom stereocenters. The molecule has 4 heterocycles. The van der Waals surface area contributed by atoms with Gasteiger partial charge in [0, 0.05) is 41.6 Å². The predicted molar refractivity (Wildman–Crippen MR) is 142 cm³/mol. The van der Waals surface area contributed by atoms with Gasteiger partial charge in [-0.1, -0.05) is 12.1 Å². The Hall–Kier alpha value is -4.59. The van der Waals surface area contributed by atoms with E-state index in [0.717, 1.165) is 39.3 Å². The summed E-state index contributed by atoms with van der Waals surface area (Å²) in [6.45, 7) is 2.24. The number of pyridine rings is 2. The average molecular weight is 506 g/mol. The van der Waals surface area contributed by atoms with Crippen molar-refractivity contribution >= 4 is 34.7 Å². The van der Waals surface area contributed by atoms with E-state index in [9.17, 15) is 14.0 Å². The van der Waals surface area contributed by atoms with Crippen molar-refractivity contribution in [2.24, 2.45) is 0 Å². The van der Waals surface area contributed by atoms with Gasteiger partial charge in [-0.15, -0.1) is 0 Å². The number of anilines is 4. The number of nitrogens with zero attached hydrogens (tertiary/aromatic N) is 3. The van der Waals surface area contributed by atoms with Gasteiger partial charge in [0.25, 0.3) is 5.91 Å². The third-order valence-electron chi connectivity index (χ3n) is 8.08. The van der Waals surface area contributed by atoms with Gasteiger partial charge in [0.15, 0.2) is 0 Å².